The lowest BCUT2D eigenvalue weighted by Crippen LogP contribution is -2.44. The normalized spacial score (nSPS) is 25.6. The van der Waals surface area contributed by atoms with Crippen molar-refractivity contribution in [2.24, 2.45) is 0 Å². The second-order valence-corrected chi connectivity index (χ2v) is 11.4. The van der Waals surface area contributed by atoms with Gasteiger partial charge in [-0.15, -0.1) is 0 Å². The molecule has 2 aromatic carbocycles. The summed E-state index contributed by atoms with van der Waals surface area (Å²) in [5.41, 5.74) is 1.43. The molecule has 176 valence electrons. The molecule has 0 bridgehead atoms. The molecule has 0 amide bonds. The van der Waals surface area contributed by atoms with Gasteiger partial charge in [0.2, 0.25) is 0 Å². The van der Waals surface area contributed by atoms with Gasteiger partial charge in [-0.2, -0.15) is 0 Å². The van der Waals surface area contributed by atoms with Crippen molar-refractivity contribution >= 4 is 48.4 Å². The Bertz CT molecular complexity index is 1060. The van der Waals surface area contributed by atoms with Gasteiger partial charge in [0.05, 0.1) is 22.4 Å². The van der Waals surface area contributed by atoms with Gasteiger partial charge in [-0.25, -0.2) is 0 Å². The van der Waals surface area contributed by atoms with Crippen LogP contribution in [-0.4, -0.2) is 36.6 Å². The standard InChI is InChI=1S/C25H32B2Cl2O4/c1-9-25(8)24(6,7)32-27(33-25)19-15-11-13-17(21(19)29)16-12-10-14-18(20(16)28)26-30-22(2,3)23(4,5)31-26/h10-15H,9H2,1-8H3. The van der Waals surface area contributed by atoms with E-state index in [1.54, 1.807) is 0 Å². The first-order chi connectivity index (χ1) is 15.2. The fourth-order valence-corrected chi connectivity index (χ4v) is 4.91. The monoisotopic (exact) mass is 488 g/mol. The van der Waals surface area contributed by atoms with E-state index < -0.39 is 36.6 Å². The zero-order valence-corrected chi connectivity index (χ0v) is 22.2. The van der Waals surface area contributed by atoms with Crippen LogP contribution in [-0.2, 0) is 18.6 Å². The Morgan fingerprint density at radius 1 is 0.636 bits per heavy atom. The largest absolute Gasteiger partial charge is 0.496 e. The molecule has 0 spiro atoms. The molecule has 2 aromatic rings. The van der Waals surface area contributed by atoms with Gasteiger partial charge < -0.3 is 18.6 Å². The SMILES string of the molecule is CCC1(C)OB(c2cccc(-c3cccc(B4OC(C)(C)C(C)(C)O4)c3Cl)c2Cl)OC1(C)C. The fraction of sp³-hybridized carbons (Fsp3) is 0.520. The quantitative estimate of drug-likeness (QED) is 0.521. The topological polar surface area (TPSA) is 36.9 Å². The molecule has 2 heterocycles. The summed E-state index contributed by atoms with van der Waals surface area (Å²) < 4.78 is 25.2. The third kappa shape index (κ3) is 4.07. The van der Waals surface area contributed by atoms with Gasteiger partial charge in [0.15, 0.2) is 0 Å². The van der Waals surface area contributed by atoms with Crippen molar-refractivity contribution in [3.8, 4) is 11.1 Å². The highest BCUT2D eigenvalue weighted by Gasteiger charge is 2.54. The minimum atomic E-state index is -0.558. The van der Waals surface area contributed by atoms with Crippen LogP contribution in [0.4, 0.5) is 0 Å². The lowest BCUT2D eigenvalue weighted by atomic mass is 9.76. The predicted octanol–water partition coefficient (Wildman–Crippen LogP) is 5.65. The minimum absolute atomic E-state index is 0.411. The van der Waals surface area contributed by atoms with Crippen molar-refractivity contribution in [2.75, 3.05) is 0 Å². The summed E-state index contributed by atoms with van der Waals surface area (Å²) in [6.07, 6.45) is 0.829. The predicted molar refractivity (Wildman–Crippen MR) is 138 cm³/mol. The van der Waals surface area contributed by atoms with Crippen LogP contribution in [0.3, 0.4) is 0 Å². The molecule has 2 aliphatic heterocycles. The molecule has 0 aromatic heterocycles. The smallest absolute Gasteiger partial charge is 0.399 e. The summed E-state index contributed by atoms with van der Waals surface area (Å²) in [6.45, 7) is 16.4. The van der Waals surface area contributed by atoms with Gasteiger partial charge in [-0.05, 0) is 54.9 Å². The van der Waals surface area contributed by atoms with Crippen LogP contribution < -0.4 is 10.9 Å². The molecule has 8 heteroatoms. The Morgan fingerprint density at radius 3 is 1.42 bits per heavy atom. The Morgan fingerprint density at radius 2 is 1.03 bits per heavy atom. The number of benzene rings is 2. The van der Waals surface area contributed by atoms with Crippen molar-refractivity contribution in [2.45, 2.75) is 84.2 Å². The molecule has 2 aliphatic rings. The van der Waals surface area contributed by atoms with Crippen LogP contribution in [0.1, 0.15) is 61.8 Å². The van der Waals surface area contributed by atoms with E-state index in [1.807, 2.05) is 64.1 Å². The molecular weight excluding hydrogens is 457 g/mol. The van der Waals surface area contributed by atoms with E-state index in [0.29, 0.717) is 10.0 Å². The maximum atomic E-state index is 6.95. The Hall–Kier alpha value is -1.01. The number of hydrogen-bond acceptors (Lipinski definition) is 4. The van der Waals surface area contributed by atoms with Gasteiger partial charge in [0, 0.05) is 32.1 Å². The molecule has 33 heavy (non-hydrogen) atoms. The van der Waals surface area contributed by atoms with E-state index in [4.69, 9.17) is 41.8 Å². The van der Waals surface area contributed by atoms with Crippen molar-refractivity contribution in [1.82, 2.24) is 0 Å². The van der Waals surface area contributed by atoms with Crippen molar-refractivity contribution in [3.05, 3.63) is 46.4 Å². The first-order valence-electron chi connectivity index (χ1n) is 11.5. The molecular formula is C25H32B2Cl2O4. The lowest BCUT2D eigenvalue weighted by molar-refractivity contribution is -0.0118. The molecule has 0 radical (unpaired) electrons. The highest BCUT2D eigenvalue weighted by Crippen LogP contribution is 2.41. The average Bonchev–Trinajstić information content (AvgIpc) is 3.09. The van der Waals surface area contributed by atoms with Gasteiger partial charge >= 0.3 is 14.2 Å². The summed E-state index contributed by atoms with van der Waals surface area (Å²) in [5.74, 6) is 0. The molecule has 4 nitrogen and oxygen atoms in total. The maximum absolute atomic E-state index is 6.95. The van der Waals surface area contributed by atoms with Crippen LogP contribution in [0.2, 0.25) is 10.0 Å². The summed E-state index contributed by atoms with van der Waals surface area (Å²) in [5, 5.41) is 1.12. The van der Waals surface area contributed by atoms with Crippen molar-refractivity contribution in [1.29, 1.82) is 0 Å². The number of halogens is 2. The summed E-state index contributed by atoms with van der Waals surface area (Å²) >= 11 is 13.9. The number of rotatable bonds is 4. The van der Waals surface area contributed by atoms with Gasteiger partial charge in [-0.3, -0.25) is 0 Å². The molecule has 2 saturated heterocycles. The van der Waals surface area contributed by atoms with Gasteiger partial charge in [-0.1, -0.05) is 66.5 Å². The molecule has 0 aliphatic carbocycles. The zero-order valence-electron chi connectivity index (χ0n) is 20.7. The van der Waals surface area contributed by atoms with E-state index in [9.17, 15) is 0 Å². The van der Waals surface area contributed by atoms with Crippen LogP contribution >= 0.6 is 23.2 Å². The summed E-state index contributed by atoms with van der Waals surface area (Å²) in [4.78, 5) is 0. The Kier molecular flexibility index (Phi) is 6.30. The molecule has 1 unspecified atom stereocenters. The molecule has 0 N–H and O–H groups in total. The fourth-order valence-electron chi connectivity index (χ4n) is 4.28. The number of hydrogen-bond donors (Lipinski definition) is 0. The second-order valence-electron chi connectivity index (χ2n) is 10.7. The molecule has 4 rings (SSSR count). The first kappa shape index (κ1) is 25.1. The summed E-state index contributed by atoms with van der Waals surface area (Å²) in [6, 6.07) is 11.7. The first-order valence-corrected chi connectivity index (χ1v) is 12.3. The van der Waals surface area contributed by atoms with E-state index >= 15 is 0 Å². The van der Waals surface area contributed by atoms with E-state index in [1.165, 1.54) is 0 Å². The van der Waals surface area contributed by atoms with E-state index in [0.717, 1.165) is 28.5 Å². The highest BCUT2D eigenvalue weighted by atomic mass is 35.5. The lowest BCUT2D eigenvalue weighted by Gasteiger charge is -2.35. The highest BCUT2D eigenvalue weighted by molar-refractivity contribution is 6.67. The van der Waals surface area contributed by atoms with Crippen molar-refractivity contribution in [3.63, 3.8) is 0 Å². The third-order valence-electron chi connectivity index (χ3n) is 7.83. The average molecular weight is 489 g/mol. The minimum Gasteiger partial charge on any atom is -0.399 e. The van der Waals surface area contributed by atoms with Crippen LogP contribution in [0.25, 0.3) is 11.1 Å². The van der Waals surface area contributed by atoms with Crippen molar-refractivity contribution < 1.29 is 18.6 Å². The zero-order chi connectivity index (χ0) is 24.4. The molecule has 2 fully saturated rings. The van der Waals surface area contributed by atoms with Gasteiger partial charge in [0.25, 0.3) is 0 Å². The summed E-state index contributed by atoms with van der Waals surface area (Å²) in [7, 11) is -1.11. The van der Waals surface area contributed by atoms with Gasteiger partial charge in [0.1, 0.15) is 0 Å². The maximum Gasteiger partial charge on any atom is 0.496 e. The Labute approximate surface area is 208 Å². The Balaban J connectivity index is 1.72. The third-order valence-corrected chi connectivity index (χ3v) is 8.67. The van der Waals surface area contributed by atoms with Crippen LogP contribution in [0.15, 0.2) is 36.4 Å². The van der Waals surface area contributed by atoms with Crippen LogP contribution in [0, 0.1) is 0 Å². The molecule has 1 atom stereocenters. The van der Waals surface area contributed by atoms with E-state index in [2.05, 4.69) is 27.7 Å². The van der Waals surface area contributed by atoms with Crippen LogP contribution in [0.5, 0.6) is 0 Å². The molecule has 0 saturated carbocycles. The van der Waals surface area contributed by atoms with E-state index in [-0.39, 0.29) is 0 Å². The second kappa shape index (κ2) is 8.29.